The zero-order chi connectivity index (χ0) is 28.1. The lowest BCUT2D eigenvalue weighted by Gasteiger charge is -2.31. The fraction of sp³-hybridized carbons (Fsp3) is 0.452. The van der Waals surface area contributed by atoms with Crippen LogP contribution < -0.4 is 20.7 Å². The lowest BCUT2D eigenvalue weighted by molar-refractivity contribution is -0.126. The number of hydrogen-bond donors (Lipinski definition) is 3. The number of ether oxygens (including phenoxy) is 1. The van der Waals surface area contributed by atoms with Crippen LogP contribution in [0.15, 0.2) is 48.7 Å². The van der Waals surface area contributed by atoms with Gasteiger partial charge in [-0.15, -0.1) is 0 Å². The van der Waals surface area contributed by atoms with Gasteiger partial charge in [0, 0.05) is 66.8 Å². The van der Waals surface area contributed by atoms with E-state index in [1.54, 1.807) is 13.3 Å². The van der Waals surface area contributed by atoms with Gasteiger partial charge in [0.05, 0.1) is 12.8 Å². The number of hydrogen-bond acceptors (Lipinski definition) is 8. The molecule has 2 aromatic carbocycles. The van der Waals surface area contributed by atoms with E-state index < -0.39 is 0 Å². The number of rotatable bonds is 3. The molecule has 3 aliphatic heterocycles. The maximum atomic E-state index is 12.9. The summed E-state index contributed by atoms with van der Waals surface area (Å²) in [7, 11) is 3.76. The zero-order valence-corrected chi connectivity index (χ0v) is 24.0. The molecule has 6 rings (SSSR count). The molecule has 0 radical (unpaired) electrons. The van der Waals surface area contributed by atoms with E-state index in [9.17, 15) is 4.79 Å². The number of methoxy groups -OCH3 is 1. The first kappa shape index (κ1) is 27.9. The Morgan fingerprint density at radius 3 is 2.65 bits per heavy atom. The maximum absolute atomic E-state index is 12.9. The number of piperidine rings is 1. The molecular formula is C31H41N7O2. The minimum Gasteiger partial charge on any atom is -0.496 e. The minimum absolute atomic E-state index is 0.0713. The molecule has 1 aromatic heterocycles. The van der Waals surface area contributed by atoms with Crippen molar-refractivity contribution in [1.29, 1.82) is 0 Å². The minimum atomic E-state index is 0.0713. The summed E-state index contributed by atoms with van der Waals surface area (Å²) in [5, 5.41) is 10.2. The predicted octanol–water partition coefficient (Wildman–Crippen LogP) is 4.49. The molecule has 1 fully saturated rings. The summed E-state index contributed by atoms with van der Waals surface area (Å²) < 4.78 is 5.66. The highest BCUT2D eigenvalue weighted by Gasteiger charge is 2.25. The highest BCUT2D eigenvalue weighted by molar-refractivity contribution is 5.78. The summed E-state index contributed by atoms with van der Waals surface area (Å²) in [4.78, 5) is 26.9. The maximum Gasteiger partial charge on any atom is 0.227 e. The molecular weight excluding hydrogens is 502 g/mol. The van der Waals surface area contributed by atoms with Crippen molar-refractivity contribution in [2.45, 2.75) is 45.8 Å². The molecule has 8 bridgehead atoms. The van der Waals surface area contributed by atoms with Crippen molar-refractivity contribution in [3.05, 3.63) is 59.8 Å². The third-order valence-electron chi connectivity index (χ3n) is 7.53. The topological polar surface area (TPSA) is 94.7 Å². The van der Waals surface area contributed by atoms with Gasteiger partial charge in [-0.25, -0.2) is 9.97 Å². The van der Waals surface area contributed by atoms with Crippen LogP contribution >= 0.6 is 0 Å². The Morgan fingerprint density at radius 1 is 1.05 bits per heavy atom. The van der Waals surface area contributed by atoms with E-state index in [0.717, 1.165) is 73.0 Å². The zero-order valence-electron chi connectivity index (χ0n) is 24.0. The number of aromatic nitrogens is 2. The Hall–Kier alpha value is -3.69. The van der Waals surface area contributed by atoms with Gasteiger partial charge in [-0.2, -0.15) is 0 Å². The Labute approximate surface area is 237 Å². The monoisotopic (exact) mass is 543 g/mol. The highest BCUT2D eigenvalue weighted by Crippen LogP contribution is 2.29. The van der Waals surface area contributed by atoms with Gasteiger partial charge in [0.1, 0.15) is 5.75 Å². The first-order chi connectivity index (χ1) is 19.4. The predicted molar refractivity (Wildman–Crippen MR) is 160 cm³/mol. The van der Waals surface area contributed by atoms with Crippen molar-refractivity contribution in [2.24, 2.45) is 5.92 Å². The molecule has 3 N–H and O–H groups in total. The van der Waals surface area contributed by atoms with Crippen LogP contribution in [-0.2, 0) is 17.9 Å². The van der Waals surface area contributed by atoms with Gasteiger partial charge in [-0.05, 0) is 94.9 Å². The summed E-state index contributed by atoms with van der Waals surface area (Å²) >= 11 is 0. The number of fused-ring (bicyclic) bond motifs is 7. The Morgan fingerprint density at radius 2 is 1.88 bits per heavy atom. The van der Waals surface area contributed by atoms with E-state index in [1.165, 1.54) is 5.56 Å². The Kier molecular flexibility index (Phi) is 8.81. The van der Waals surface area contributed by atoms with Gasteiger partial charge in [0.15, 0.2) is 0 Å². The van der Waals surface area contributed by atoms with Crippen LogP contribution in [0.25, 0.3) is 11.3 Å². The van der Waals surface area contributed by atoms with Crippen LogP contribution in [0, 0.1) is 5.92 Å². The van der Waals surface area contributed by atoms with E-state index in [2.05, 4.69) is 75.9 Å². The summed E-state index contributed by atoms with van der Waals surface area (Å²) in [5.41, 5.74) is 6.10. The second-order valence-electron chi connectivity index (χ2n) is 11.2. The standard InChI is InChI=1S/C31H41N7O2/c1-21(2)34-26-15-22-16-27(18-26)35-31-33-10-7-28(36-31)24-5-6-29(40-4)25(17-24)20-37(3)14-11-32-30(39)23-8-12-38(19-22)13-9-23/h5-7,10,15-18,21,23,34H,8-9,11-14,19-20H2,1-4H3,(H,32,39)(H,33,35,36). The molecule has 40 heavy (non-hydrogen) atoms. The normalized spacial score (nSPS) is 20.3. The number of carbonyl (C=O) groups excluding carboxylic acids is 1. The summed E-state index contributed by atoms with van der Waals surface area (Å²) in [5.74, 6) is 1.63. The van der Waals surface area contributed by atoms with E-state index in [0.29, 0.717) is 25.1 Å². The number of carbonyl (C=O) groups is 1. The molecule has 4 heterocycles. The summed E-state index contributed by atoms with van der Waals surface area (Å²) in [6.07, 6.45) is 3.54. The number of nitrogens with zero attached hydrogens (tertiary/aromatic N) is 4. The van der Waals surface area contributed by atoms with Crippen molar-refractivity contribution >= 4 is 23.2 Å². The number of likely N-dealkylation sites (N-methyl/N-ethyl adjacent to an activating group) is 1. The SMILES string of the molecule is COc1ccc2cc1CN(C)CCNC(=O)C1CCN(CC1)Cc1cc(cc(NC(C)C)c1)Nc1nccc-2n1. The molecule has 0 unspecified atom stereocenters. The first-order valence-corrected chi connectivity index (χ1v) is 14.2. The third-order valence-corrected chi connectivity index (χ3v) is 7.53. The molecule has 0 saturated carbocycles. The highest BCUT2D eigenvalue weighted by atomic mass is 16.5. The number of benzene rings is 2. The molecule has 0 aliphatic carbocycles. The largest absolute Gasteiger partial charge is 0.496 e. The molecule has 212 valence electrons. The lowest BCUT2D eigenvalue weighted by atomic mass is 9.95. The average molecular weight is 544 g/mol. The van der Waals surface area contributed by atoms with Crippen molar-refractivity contribution in [2.75, 3.05) is 51.0 Å². The molecule has 9 heteroatoms. The molecule has 0 spiro atoms. The molecule has 3 aromatic rings. The Balaban J connectivity index is 1.49. The summed E-state index contributed by atoms with van der Waals surface area (Å²) in [6, 6.07) is 14.9. The van der Waals surface area contributed by atoms with Crippen LogP contribution in [0.1, 0.15) is 37.8 Å². The van der Waals surface area contributed by atoms with Gasteiger partial charge in [-0.1, -0.05) is 0 Å². The molecule has 3 aliphatic rings. The second kappa shape index (κ2) is 12.7. The number of nitrogens with one attached hydrogen (secondary N) is 3. The van der Waals surface area contributed by atoms with Crippen LogP contribution in [0.3, 0.4) is 0 Å². The van der Waals surface area contributed by atoms with E-state index in [4.69, 9.17) is 9.72 Å². The molecule has 1 saturated heterocycles. The fourth-order valence-corrected chi connectivity index (χ4v) is 5.54. The van der Waals surface area contributed by atoms with Gasteiger partial charge in [-0.3, -0.25) is 9.69 Å². The van der Waals surface area contributed by atoms with Crippen molar-refractivity contribution in [3.8, 4) is 17.0 Å². The molecule has 1 amide bonds. The van der Waals surface area contributed by atoms with E-state index in [-0.39, 0.29) is 11.8 Å². The van der Waals surface area contributed by atoms with Crippen LogP contribution in [0.2, 0.25) is 0 Å². The number of anilines is 3. The van der Waals surface area contributed by atoms with Crippen molar-refractivity contribution in [1.82, 2.24) is 25.1 Å². The third kappa shape index (κ3) is 7.08. The van der Waals surface area contributed by atoms with Crippen LogP contribution in [-0.4, -0.2) is 72.1 Å². The smallest absolute Gasteiger partial charge is 0.227 e. The first-order valence-electron chi connectivity index (χ1n) is 14.2. The molecule has 9 nitrogen and oxygen atoms in total. The second-order valence-corrected chi connectivity index (χ2v) is 11.2. The Bertz CT molecular complexity index is 1320. The molecule has 0 atom stereocenters. The van der Waals surface area contributed by atoms with Crippen molar-refractivity contribution in [3.63, 3.8) is 0 Å². The van der Waals surface area contributed by atoms with Gasteiger partial charge in [0.25, 0.3) is 0 Å². The van der Waals surface area contributed by atoms with Crippen LogP contribution in [0.4, 0.5) is 17.3 Å². The van der Waals surface area contributed by atoms with Crippen molar-refractivity contribution < 1.29 is 9.53 Å². The number of amides is 1. The van der Waals surface area contributed by atoms with Gasteiger partial charge in [0.2, 0.25) is 11.9 Å². The van der Waals surface area contributed by atoms with Gasteiger partial charge < -0.3 is 25.6 Å². The van der Waals surface area contributed by atoms with E-state index >= 15 is 0 Å². The average Bonchev–Trinajstić information content (AvgIpc) is 2.92. The van der Waals surface area contributed by atoms with E-state index in [1.807, 2.05) is 18.2 Å². The van der Waals surface area contributed by atoms with Gasteiger partial charge >= 0.3 is 0 Å². The summed E-state index contributed by atoms with van der Waals surface area (Å²) in [6.45, 7) is 8.99. The quantitative estimate of drug-likeness (QED) is 0.445. The fourth-order valence-electron chi connectivity index (χ4n) is 5.54. The lowest BCUT2D eigenvalue weighted by Crippen LogP contribution is -2.42. The van der Waals surface area contributed by atoms with Crippen LogP contribution in [0.5, 0.6) is 5.75 Å².